The summed E-state index contributed by atoms with van der Waals surface area (Å²) in [5, 5.41) is 21.6. The maximum Gasteiger partial charge on any atom is 0.234 e. The predicted octanol–water partition coefficient (Wildman–Crippen LogP) is 2.27. The van der Waals surface area contributed by atoms with Crippen LogP contribution in [0.1, 0.15) is 0 Å². The van der Waals surface area contributed by atoms with E-state index in [2.05, 4.69) is 0 Å². The van der Waals surface area contributed by atoms with Gasteiger partial charge in [-0.2, -0.15) is 0 Å². The zero-order valence-corrected chi connectivity index (χ0v) is 15.1. The molecule has 0 aliphatic heterocycles. The predicted molar refractivity (Wildman–Crippen MR) is 95.2 cm³/mol. The van der Waals surface area contributed by atoms with Crippen LogP contribution in [0.15, 0.2) is 33.5 Å². The number of aromatic hydroxyl groups is 1. The molecule has 8 nitrogen and oxygen atoms in total. The van der Waals surface area contributed by atoms with Gasteiger partial charge >= 0.3 is 0 Å². The number of hydrogen-bond donors (Lipinski definition) is 1. The van der Waals surface area contributed by atoms with Crippen molar-refractivity contribution >= 4 is 11.0 Å². The minimum atomic E-state index is -0.659. The van der Waals surface area contributed by atoms with E-state index in [1.54, 1.807) is 12.1 Å². The largest absolute Gasteiger partial charge is 0.872 e. The molecule has 0 saturated heterocycles. The van der Waals surface area contributed by atoms with Crippen LogP contribution in [-0.4, -0.2) is 33.5 Å². The summed E-state index contributed by atoms with van der Waals surface area (Å²) in [6.07, 6.45) is 0. The Morgan fingerprint density at radius 3 is 2.00 bits per heavy atom. The van der Waals surface area contributed by atoms with Crippen molar-refractivity contribution in [2.45, 2.75) is 0 Å². The zero-order valence-electron chi connectivity index (χ0n) is 15.1. The van der Waals surface area contributed by atoms with Crippen LogP contribution in [0.3, 0.4) is 0 Å². The molecule has 0 atom stereocenters. The topological polar surface area (TPSA) is 110 Å². The molecule has 1 heterocycles. The van der Waals surface area contributed by atoms with Gasteiger partial charge in [0.2, 0.25) is 16.9 Å². The van der Waals surface area contributed by atoms with Gasteiger partial charge in [0.1, 0.15) is 11.3 Å². The number of hydrogen-bond acceptors (Lipinski definition) is 8. The van der Waals surface area contributed by atoms with Crippen molar-refractivity contribution in [1.82, 2.24) is 0 Å². The van der Waals surface area contributed by atoms with E-state index < -0.39 is 11.2 Å². The van der Waals surface area contributed by atoms with Crippen LogP contribution >= 0.6 is 0 Å². The summed E-state index contributed by atoms with van der Waals surface area (Å²) in [5.41, 5.74) is -0.307. The van der Waals surface area contributed by atoms with Gasteiger partial charge in [-0.05, 0) is 18.2 Å². The SMILES string of the molecule is COc1cc(-c2oc3cc(O)cc([O-])c3c(=O)c2OC)cc(OC)c1OC. The fraction of sp³-hybridized carbons (Fsp3) is 0.211. The van der Waals surface area contributed by atoms with Gasteiger partial charge in [-0.25, -0.2) is 0 Å². The van der Waals surface area contributed by atoms with Crippen LogP contribution in [0.2, 0.25) is 0 Å². The first-order chi connectivity index (χ1) is 12.9. The Balaban J connectivity index is 2.39. The van der Waals surface area contributed by atoms with Gasteiger partial charge in [0, 0.05) is 11.6 Å². The molecule has 0 radical (unpaired) electrons. The monoisotopic (exact) mass is 373 g/mol. The number of methoxy groups -OCH3 is 4. The highest BCUT2D eigenvalue weighted by Gasteiger charge is 2.21. The second-order valence-electron chi connectivity index (χ2n) is 5.52. The van der Waals surface area contributed by atoms with Gasteiger partial charge in [-0.1, -0.05) is 5.75 Å². The molecule has 0 aliphatic carbocycles. The van der Waals surface area contributed by atoms with Crippen molar-refractivity contribution in [3.63, 3.8) is 0 Å². The van der Waals surface area contributed by atoms with Crippen molar-refractivity contribution in [3.05, 3.63) is 34.5 Å². The normalized spacial score (nSPS) is 10.7. The first-order valence-electron chi connectivity index (χ1n) is 7.80. The molecule has 1 N–H and O–H groups in total. The van der Waals surface area contributed by atoms with Crippen molar-refractivity contribution < 1.29 is 33.6 Å². The molecule has 0 saturated carbocycles. The van der Waals surface area contributed by atoms with Gasteiger partial charge in [0.05, 0.1) is 33.8 Å². The summed E-state index contributed by atoms with van der Waals surface area (Å²) >= 11 is 0. The lowest BCUT2D eigenvalue weighted by atomic mass is 10.1. The van der Waals surface area contributed by atoms with E-state index in [4.69, 9.17) is 23.4 Å². The molecule has 0 fully saturated rings. The van der Waals surface area contributed by atoms with E-state index in [0.29, 0.717) is 22.8 Å². The highest BCUT2D eigenvalue weighted by Crippen LogP contribution is 2.43. The van der Waals surface area contributed by atoms with Gasteiger partial charge < -0.3 is 33.6 Å². The quantitative estimate of drug-likeness (QED) is 0.725. The number of phenols is 1. The summed E-state index contributed by atoms with van der Waals surface area (Å²) in [4.78, 5) is 12.8. The Morgan fingerprint density at radius 1 is 0.889 bits per heavy atom. The number of phenolic OH excluding ortho intramolecular Hbond substituents is 1. The maximum atomic E-state index is 12.8. The molecule has 1 aromatic heterocycles. The van der Waals surface area contributed by atoms with E-state index in [0.717, 1.165) is 6.07 Å². The Labute approximate surface area is 154 Å². The van der Waals surface area contributed by atoms with Gasteiger partial charge in [-0.15, -0.1) is 0 Å². The summed E-state index contributed by atoms with van der Waals surface area (Å²) in [7, 11) is 5.67. The minimum Gasteiger partial charge on any atom is -0.872 e. The van der Waals surface area contributed by atoms with Gasteiger partial charge in [-0.3, -0.25) is 4.79 Å². The standard InChI is InChI=1S/C19H18O8/c1-23-13-5-9(6-14(24-2)18(13)25-3)17-19(26-4)16(22)15-11(21)7-10(20)8-12(15)27-17/h5-8,20-21H,1-4H3/p-1. The molecule has 8 heteroatoms. The third-order valence-corrected chi connectivity index (χ3v) is 4.03. The van der Waals surface area contributed by atoms with Crippen LogP contribution in [0.4, 0.5) is 0 Å². The second-order valence-corrected chi connectivity index (χ2v) is 5.52. The second kappa shape index (κ2) is 6.99. The fourth-order valence-electron chi connectivity index (χ4n) is 2.84. The van der Waals surface area contributed by atoms with Crippen molar-refractivity contribution in [1.29, 1.82) is 0 Å². The summed E-state index contributed by atoms with van der Waals surface area (Å²) < 4.78 is 26.9. The molecule has 0 bridgehead atoms. The lowest BCUT2D eigenvalue weighted by molar-refractivity contribution is -0.266. The van der Waals surface area contributed by atoms with E-state index in [1.807, 2.05) is 0 Å². The van der Waals surface area contributed by atoms with Crippen LogP contribution in [0, 0.1) is 0 Å². The number of rotatable bonds is 5. The van der Waals surface area contributed by atoms with Gasteiger partial charge in [0.15, 0.2) is 17.3 Å². The minimum absolute atomic E-state index is 0.0549. The lowest BCUT2D eigenvalue weighted by Gasteiger charge is -2.16. The third kappa shape index (κ3) is 2.95. The zero-order chi connectivity index (χ0) is 19.7. The van der Waals surface area contributed by atoms with Crippen LogP contribution in [0.5, 0.6) is 34.5 Å². The Morgan fingerprint density at radius 2 is 1.48 bits per heavy atom. The molecule has 27 heavy (non-hydrogen) atoms. The van der Waals surface area contributed by atoms with E-state index in [-0.39, 0.29) is 28.2 Å². The number of benzene rings is 2. The van der Waals surface area contributed by atoms with Crippen molar-refractivity contribution in [2.75, 3.05) is 28.4 Å². The van der Waals surface area contributed by atoms with Crippen molar-refractivity contribution in [3.8, 4) is 45.8 Å². The average molecular weight is 373 g/mol. The summed E-state index contributed by atoms with van der Waals surface area (Å²) in [6, 6.07) is 5.29. The molecule has 0 spiro atoms. The highest BCUT2D eigenvalue weighted by molar-refractivity contribution is 5.88. The summed E-state index contributed by atoms with van der Waals surface area (Å²) in [6.45, 7) is 0. The van der Waals surface area contributed by atoms with E-state index in [9.17, 15) is 15.0 Å². The number of fused-ring (bicyclic) bond motifs is 1. The molecule has 142 valence electrons. The van der Waals surface area contributed by atoms with E-state index in [1.165, 1.54) is 34.5 Å². The van der Waals surface area contributed by atoms with Crippen LogP contribution in [-0.2, 0) is 0 Å². The molecular weight excluding hydrogens is 356 g/mol. The smallest absolute Gasteiger partial charge is 0.234 e. The first kappa shape index (κ1) is 18.2. The first-order valence-corrected chi connectivity index (χ1v) is 7.80. The highest BCUT2D eigenvalue weighted by atomic mass is 16.5. The molecule has 2 aromatic carbocycles. The molecular formula is C19H17O8-. The van der Waals surface area contributed by atoms with Crippen molar-refractivity contribution in [2.24, 2.45) is 0 Å². The molecule has 3 rings (SSSR count). The van der Waals surface area contributed by atoms with Gasteiger partial charge in [0.25, 0.3) is 0 Å². The Kier molecular flexibility index (Phi) is 4.72. The van der Waals surface area contributed by atoms with Crippen LogP contribution in [0.25, 0.3) is 22.3 Å². The fourth-order valence-corrected chi connectivity index (χ4v) is 2.84. The summed E-state index contributed by atoms with van der Waals surface area (Å²) in [5.74, 6) is -0.0107. The molecule has 0 unspecified atom stereocenters. The Hall–Kier alpha value is -3.55. The van der Waals surface area contributed by atoms with Crippen LogP contribution < -0.4 is 29.5 Å². The molecule has 0 amide bonds. The Bertz CT molecular complexity index is 1040. The average Bonchev–Trinajstić information content (AvgIpc) is 2.65. The maximum absolute atomic E-state index is 12.8. The van der Waals surface area contributed by atoms with E-state index >= 15 is 0 Å². The third-order valence-electron chi connectivity index (χ3n) is 4.03. The lowest BCUT2D eigenvalue weighted by Crippen LogP contribution is -2.10. The number of ether oxygens (including phenoxy) is 4. The molecule has 3 aromatic rings. The molecule has 0 aliphatic rings.